The van der Waals surface area contributed by atoms with Crippen LogP contribution in [-0.4, -0.2) is 0 Å². The van der Waals surface area contributed by atoms with Gasteiger partial charge in [0.15, 0.2) is 0 Å². The van der Waals surface area contributed by atoms with Gasteiger partial charge in [0.2, 0.25) is 0 Å². The van der Waals surface area contributed by atoms with Crippen molar-refractivity contribution in [2.75, 3.05) is 0 Å². The molecule has 0 aliphatic heterocycles. The number of benzene rings is 1. The molecule has 2 rings (SSSR count). The van der Waals surface area contributed by atoms with Gasteiger partial charge in [-0.25, -0.2) is 0 Å². The van der Waals surface area contributed by atoms with Crippen molar-refractivity contribution in [2.45, 2.75) is 33.2 Å². The molecule has 1 atom stereocenters. The molecule has 0 saturated heterocycles. The Kier molecular flexibility index (Phi) is 3.65. The van der Waals surface area contributed by atoms with E-state index in [2.05, 4.69) is 51.1 Å². The summed E-state index contributed by atoms with van der Waals surface area (Å²) >= 11 is 1.83. The van der Waals surface area contributed by atoms with E-state index in [-0.39, 0.29) is 6.04 Å². The molecule has 1 heterocycles. The van der Waals surface area contributed by atoms with Gasteiger partial charge >= 0.3 is 0 Å². The Hall–Kier alpha value is -1.12. The molecule has 0 bridgehead atoms. The Morgan fingerprint density at radius 2 is 1.94 bits per heavy atom. The van der Waals surface area contributed by atoms with E-state index in [1.165, 1.54) is 26.4 Å². The lowest BCUT2D eigenvalue weighted by molar-refractivity contribution is 0.720. The maximum Gasteiger partial charge on any atom is 0.0346 e. The molecule has 1 aromatic heterocycles. The molecule has 2 N–H and O–H groups in total. The van der Waals surface area contributed by atoms with Gasteiger partial charge in [0.25, 0.3) is 0 Å². The smallest absolute Gasteiger partial charge is 0.0346 e. The van der Waals surface area contributed by atoms with Gasteiger partial charge < -0.3 is 5.73 Å². The molecule has 0 amide bonds. The first-order valence-corrected chi connectivity index (χ1v) is 6.76. The topological polar surface area (TPSA) is 26.0 Å². The first-order valence-electron chi connectivity index (χ1n) is 5.94. The Bertz CT molecular complexity index is 513. The summed E-state index contributed by atoms with van der Waals surface area (Å²) in [6.45, 7) is 6.42. The fraction of sp³-hybridized carbons (Fsp3) is 0.333. The van der Waals surface area contributed by atoms with Crippen LogP contribution in [0.1, 0.15) is 32.5 Å². The van der Waals surface area contributed by atoms with Gasteiger partial charge in [0.1, 0.15) is 0 Å². The second-order valence-corrected chi connectivity index (χ2v) is 6.13. The summed E-state index contributed by atoms with van der Waals surface area (Å²) in [7, 11) is 0. The molecule has 1 nitrogen and oxygen atoms in total. The van der Waals surface area contributed by atoms with Crippen molar-refractivity contribution in [3.05, 3.63) is 56.8 Å². The summed E-state index contributed by atoms with van der Waals surface area (Å²) in [6, 6.07) is 10.9. The zero-order chi connectivity index (χ0) is 12.4. The summed E-state index contributed by atoms with van der Waals surface area (Å²) in [4.78, 5) is 2.69. The first-order chi connectivity index (χ1) is 8.06. The summed E-state index contributed by atoms with van der Waals surface area (Å²) in [5, 5.41) is 0. The van der Waals surface area contributed by atoms with Crippen LogP contribution in [0.15, 0.2) is 30.3 Å². The number of rotatable bonds is 3. The highest BCUT2D eigenvalue weighted by atomic mass is 32.1. The van der Waals surface area contributed by atoms with E-state index in [0.717, 1.165) is 6.42 Å². The number of hydrogen-bond donors (Lipinski definition) is 1. The largest absolute Gasteiger partial charge is 0.324 e. The summed E-state index contributed by atoms with van der Waals surface area (Å²) in [5.41, 5.74) is 10.2. The number of aryl methyl sites for hydroxylation is 3. The third-order valence-corrected chi connectivity index (χ3v) is 4.00. The lowest BCUT2D eigenvalue weighted by atomic mass is 9.99. The fourth-order valence-electron chi connectivity index (χ4n) is 2.22. The molecule has 0 aliphatic rings. The summed E-state index contributed by atoms with van der Waals surface area (Å²) < 4.78 is 0. The van der Waals surface area contributed by atoms with Crippen LogP contribution >= 0.6 is 11.3 Å². The number of thiophene rings is 1. The molecule has 2 heteroatoms. The van der Waals surface area contributed by atoms with Gasteiger partial charge in [-0.1, -0.05) is 29.8 Å². The lowest BCUT2D eigenvalue weighted by Crippen LogP contribution is -2.13. The average Bonchev–Trinajstić information content (AvgIpc) is 2.58. The Morgan fingerprint density at radius 1 is 1.18 bits per heavy atom. The average molecular weight is 245 g/mol. The quantitative estimate of drug-likeness (QED) is 0.871. The van der Waals surface area contributed by atoms with Gasteiger partial charge in [0, 0.05) is 15.8 Å². The molecule has 2 aromatic rings. The maximum absolute atomic E-state index is 6.30. The minimum Gasteiger partial charge on any atom is -0.324 e. The van der Waals surface area contributed by atoms with E-state index in [0.29, 0.717) is 0 Å². The van der Waals surface area contributed by atoms with Gasteiger partial charge in [-0.3, -0.25) is 0 Å². The molecule has 0 radical (unpaired) electrons. The van der Waals surface area contributed by atoms with Crippen molar-refractivity contribution >= 4 is 11.3 Å². The van der Waals surface area contributed by atoms with Gasteiger partial charge in [0.05, 0.1) is 0 Å². The molecule has 0 saturated carbocycles. The minimum atomic E-state index is 0.113. The molecule has 1 aromatic carbocycles. The van der Waals surface area contributed by atoms with Crippen LogP contribution in [0.5, 0.6) is 0 Å². The minimum absolute atomic E-state index is 0.113. The normalized spacial score (nSPS) is 12.7. The van der Waals surface area contributed by atoms with Crippen LogP contribution < -0.4 is 5.73 Å². The molecule has 17 heavy (non-hydrogen) atoms. The summed E-state index contributed by atoms with van der Waals surface area (Å²) in [6.07, 6.45) is 0.915. The SMILES string of the molecule is Cc1cccc(CC(N)c2cc(C)sc2C)c1. The van der Waals surface area contributed by atoms with Crippen molar-refractivity contribution in [1.82, 2.24) is 0 Å². The van der Waals surface area contributed by atoms with Crippen molar-refractivity contribution in [3.8, 4) is 0 Å². The van der Waals surface area contributed by atoms with E-state index >= 15 is 0 Å². The number of hydrogen-bond acceptors (Lipinski definition) is 2. The van der Waals surface area contributed by atoms with Crippen molar-refractivity contribution in [2.24, 2.45) is 5.73 Å². The van der Waals surface area contributed by atoms with E-state index in [1.807, 2.05) is 11.3 Å². The highest BCUT2D eigenvalue weighted by Gasteiger charge is 2.12. The van der Waals surface area contributed by atoms with Crippen LogP contribution in [0.2, 0.25) is 0 Å². The molecular formula is C15H19NS. The highest BCUT2D eigenvalue weighted by molar-refractivity contribution is 7.12. The summed E-state index contributed by atoms with van der Waals surface area (Å²) in [5.74, 6) is 0. The van der Waals surface area contributed by atoms with Gasteiger partial charge in [-0.2, -0.15) is 0 Å². The monoisotopic (exact) mass is 245 g/mol. The van der Waals surface area contributed by atoms with Crippen LogP contribution in [0.25, 0.3) is 0 Å². The van der Waals surface area contributed by atoms with Crippen LogP contribution in [-0.2, 0) is 6.42 Å². The highest BCUT2D eigenvalue weighted by Crippen LogP contribution is 2.27. The molecule has 0 aliphatic carbocycles. The third-order valence-electron chi connectivity index (χ3n) is 3.02. The van der Waals surface area contributed by atoms with Gasteiger partial charge in [-0.05, 0) is 44.4 Å². The first kappa shape index (κ1) is 12.3. The van der Waals surface area contributed by atoms with Crippen LogP contribution in [0.4, 0.5) is 0 Å². The molecule has 0 spiro atoms. The third kappa shape index (κ3) is 2.96. The predicted octanol–water partition coefficient (Wildman–Crippen LogP) is 3.92. The predicted molar refractivity (Wildman–Crippen MR) is 75.6 cm³/mol. The van der Waals surface area contributed by atoms with Crippen molar-refractivity contribution in [3.63, 3.8) is 0 Å². The van der Waals surface area contributed by atoms with E-state index < -0.39 is 0 Å². The Labute approximate surface area is 107 Å². The van der Waals surface area contributed by atoms with Crippen molar-refractivity contribution in [1.29, 1.82) is 0 Å². The molecule has 0 fully saturated rings. The standard InChI is InChI=1S/C15H19NS/c1-10-5-4-6-13(7-10)9-15(16)14-8-11(2)17-12(14)3/h4-8,15H,9,16H2,1-3H3. The maximum atomic E-state index is 6.30. The fourth-order valence-corrected chi connectivity index (χ4v) is 3.22. The van der Waals surface area contributed by atoms with Crippen LogP contribution in [0, 0.1) is 20.8 Å². The van der Waals surface area contributed by atoms with Crippen LogP contribution in [0.3, 0.4) is 0 Å². The second-order valence-electron chi connectivity index (χ2n) is 4.67. The molecule has 1 unspecified atom stereocenters. The zero-order valence-corrected chi connectivity index (χ0v) is 11.5. The van der Waals surface area contributed by atoms with E-state index in [4.69, 9.17) is 5.73 Å². The zero-order valence-electron chi connectivity index (χ0n) is 10.7. The van der Waals surface area contributed by atoms with Crippen molar-refractivity contribution < 1.29 is 0 Å². The van der Waals surface area contributed by atoms with Gasteiger partial charge in [-0.15, -0.1) is 11.3 Å². The number of nitrogens with two attached hydrogens (primary N) is 1. The molecule has 90 valence electrons. The Morgan fingerprint density at radius 3 is 2.53 bits per heavy atom. The van der Waals surface area contributed by atoms with E-state index in [9.17, 15) is 0 Å². The van der Waals surface area contributed by atoms with E-state index in [1.54, 1.807) is 0 Å². The molecular weight excluding hydrogens is 226 g/mol. The Balaban J connectivity index is 2.16. The second kappa shape index (κ2) is 5.03. The lowest BCUT2D eigenvalue weighted by Gasteiger charge is -2.12.